The highest BCUT2D eigenvalue weighted by Gasteiger charge is 2.24. The van der Waals surface area contributed by atoms with Crippen molar-refractivity contribution in [2.45, 2.75) is 0 Å². The number of piperazine rings is 1. The summed E-state index contributed by atoms with van der Waals surface area (Å²) >= 11 is 0. The molecule has 3 aromatic rings. The van der Waals surface area contributed by atoms with Crippen LogP contribution in [0.3, 0.4) is 0 Å². The molecule has 0 atom stereocenters. The molecule has 0 spiro atoms. The standard InChI is InChI=1S/C25H23FN4O5/c26-23-4-2-1-3-22(23)25(32)29-15-13-28(14-16-29)19-7-5-18(6-8-19)27-24(31)17-35-21-11-9-20(10-12-21)30(33)34/h1-12H,13-17H2,(H,27,31). The second kappa shape index (κ2) is 10.6. The molecular formula is C25H23FN4O5. The quantitative estimate of drug-likeness (QED) is 0.410. The number of anilines is 2. The number of nitrogens with zero attached hydrogens (tertiary/aromatic N) is 3. The molecule has 0 unspecified atom stereocenters. The average molecular weight is 478 g/mol. The van der Waals surface area contributed by atoms with Gasteiger partial charge < -0.3 is 19.9 Å². The van der Waals surface area contributed by atoms with Crippen LogP contribution in [-0.4, -0.2) is 54.4 Å². The van der Waals surface area contributed by atoms with E-state index in [1.807, 2.05) is 12.1 Å². The van der Waals surface area contributed by atoms with Gasteiger partial charge in [-0.05, 0) is 48.5 Å². The lowest BCUT2D eigenvalue weighted by Crippen LogP contribution is -2.49. The summed E-state index contributed by atoms with van der Waals surface area (Å²) in [5, 5.41) is 13.4. The van der Waals surface area contributed by atoms with Crippen LogP contribution in [-0.2, 0) is 4.79 Å². The second-order valence-corrected chi connectivity index (χ2v) is 7.89. The number of hydrogen-bond acceptors (Lipinski definition) is 6. The van der Waals surface area contributed by atoms with Crippen molar-refractivity contribution in [1.82, 2.24) is 4.90 Å². The largest absolute Gasteiger partial charge is 0.484 e. The lowest BCUT2D eigenvalue weighted by molar-refractivity contribution is -0.384. The lowest BCUT2D eigenvalue weighted by atomic mass is 10.1. The minimum absolute atomic E-state index is 0.0556. The molecule has 0 radical (unpaired) electrons. The third kappa shape index (κ3) is 5.91. The van der Waals surface area contributed by atoms with Crippen LogP contribution in [0.1, 0.15) is 10.4 Å². The summed E-state index contributed by atoms with van der Waals surface area (Å²) in [6.45, 7) is 1.93. The maximum absolute atomic E-state index is 13.9. The fraction of sp³-hybridized carbons (Fsp3) is 0.200. The molecule has 0 bridgehead atoms. The molecule has 0 aromatic heterocycles. The van der Waals surface area contributed by atoms with Gasteiger partial charge in [-0.1, -0.05) is 12.1 Å². The van der Waals surface area contributed by atoms with Crippen LogP contribution in [0.5, 0.6) is 5.75 Å². The zero-order valence-corrected chi connectivity index (χ0v) is 18.7. The second-order valence-electron chi connectivity index (χ2n) is 7.89. The van der Waals surface area contributed by atoms with Crippen LogP contribution in [0.4, 0.5) is 21.5 Å². The molecule has 180 valence electrons. The van der Waals surface area contributed by atoms with Gasteiger partial charge in [-0.25, -0.2) is 4.39 Å². The number of carbonyl (C=O) groups excluding carboxylic acids is 2. The van der Waals surface area contributed by atoms with E-state index in [0.717, 1.165) is 5.69 Å². The Bertz CT molecular complexity index is 1210. The van der Waals surface area contributed by atoms with Crippen LogP contribution in [0, 0.1) is 15.9 Å². The third-order valence-electron chi connectivity index (χ3n) is 5.60. The summed E-state index contributed by atoms with van der Waals surface area (Å²) in [5.41, 5.74) is 1.57. The molecular weight excluding hydrogens is 455 g/mol. The van der Waals surface area contributed by atoms with E-state index in [-0.39, 0.29) is 29.7 Å². The summed E-state index contributed by atoms with van der Waals surface area (Å²) in [7, 11) is 0. The first kappa shape index (κ1) is 23.7. The van der Waals surface area contributed by atoms with E-state index in [9.17, 15) is 24.1 Å². The molecule has 4 rings (SSSR count). The van der Waals surface area contributed by atoms with Gasteiger partial charge >= 0.3 is 0 Å². The number of hydrogen-bond donors (Lipinski definition) is 1. The van der Waals surface area contributed by atoms with Crippen LogP contribution >= 0.6 is 0 Å². The number of nitrogens with one attached hydrogen (secondary N) is 1. The van der Waals surface area contributed by atoms with E-state index in [1.54, 1.807) is 29.2 Å². The Labute approximate surface area is 200 Å². The fourth-order valence-corrected chi connectivity index (χ4v) is 3.74. The number of nitro benzene ring substituents is 1. The van der Waals surface area contributed by atoms with Gasteiger partial charge in [0.15, 0.2) is 6.61 Å². The Morgan fingerprint density at radius 3 is 2.23 bits per heavy atom. The van der Waals surface area contributed by atoms with Gasteiger partial charge in [0.2, 0.25) is 0 Å². The summed E-state index contributed by atoms with van der Waals surface area (Å²) < 4.78 is 19.3. The van der Waals surface area contributed by atoms with Crippen molar-refractivity contribution < 1.29 is 23.6 Å². The molecule has 1 fully saturated rings. The predicted molar refractivity (Wildman–Crippen MR) is 128 cm³/mol. The van der Waals surface area contributed by atoms with Crippen molar-refractivity contribution in [2.24, 2.45) is 0 Å². The molecule has 1 aliphatic rings. The zero-order valence-electron chi connectivity index (χ0n) is 18.7. The molecule has 35 heavy (non-hydrogen) atoms. The van der Waals surface area contributed by atoms with Crippen LogP contribution < -0.4 is 15.0 Å². The van der Waals surface area contributed by atoms with Gasteiger partial charge in [0.1, 0.15) is 11.6 Å². The Morgan fingerprint density at radius 1 is 0.943 bits per heavy atom. The Morgan fingerprint density at radius 2 is 1.60 bits per heavy atom. The highest BCUT2D eigenvalue weighted by atomic mass is 19.1. The number of nitro groups is 1. The highest BCUT2D eigenvalue weighted by Crippen LogP contribution is 2.21. The monoisotopic (exact) mass is 478 g/mol. The third-order valence-corrected chi connectivity index (χ3v) is 5.60. The first-order valence-corrected chi connectivity index (χ1v) is 11.0. The number of rotatable bonds is 7. The molecule has 1 N–H and O–H groups in total. The van der Waals surface area contributed by atoms with Crippen molar-refractivity contribution in [2.75, 3.05) is 43.0 Å². The smallest absolute Gasteiger partial charge is 0.269 e. The predicted octanol–water partition coefficient (Wildman–Crippen LogP) is 3.71. The van der Waals surface area contributed by atoms with E-state index in [1.165, 1.54) is 36.4 Å². The minimum atomic E-state index is -0.518. The fourth-order valence-electron chi connectivity index (χ4n) is 3.74. The molecule has 3 aromatic carbocycles. The summed E-state index contributed by atoms with van der Waals surface area (Å²) in [4.78, 5) is 38.7. The van der Waals surface area contributed by atoms with Gasteiger partial charge in [0.05, 0.1) is 10.5 Å². The van der Waals surface area contributed by atoms with Gasteiger partial charge in [0.25, 0.3) is 17.5 Å². The lowest BCUT2D eigenvalue weighted by Gasteiger charge is -2.36. The van der Waals surface area contributed by atoms with Crippen LogP contribution in [0.15, 0.2) is 72.8 Å². The van der Waals surface area contributed by atoms with Crippen LogP contribution in [0.25, 0.3) is 0 Å². The molecule has 1 aliphatic heterocycles. The highest BCUT2D eigenvalue weighted by molar-refractivity contribution is 5.94. The molecule has 10 heteroatoms. The molecule has 1 saturated heterocycles. The Hall–Kier alpha value is -4.47. The van der Waals surface area contributed by atoms with Gasteiger partial charge in [-0.3, -0.25) is 19.7 Å². The molecule has 1 heterocycles. The van der Waals surface area contributed by atoms with Gasteiger partial charge in [-0.2, -0.15) is 0 Å². The van der Waals surface area contributed by atoms with Crippen molar-refractivity contribution in [3.05, 3.63) is 94.3 Å². The van der Waals surface area contributed by atoms with Gasteiger partial charge in [0, 0.05) is 49.7 Å². The first-order valence-electron chi connectivity index (χ1n) is 11.0. The number of benzene rings is 3. The van der Waals surface area contributed by atoms with E-state index in [0.29, 0.717) is 37.6 Å². The summed E-state index contributed by atoms with van der Waals surface area (Å²) in [6, 6.07) is 18.8. The SMILES string of the molecule is O=C(COc1ccc([N+](=O)[O-])cc1)Nc1ccc(N2CCN(C(=O)c3ccccc3F)CC2)cc1. The van der Waals surface area contributed by atoms with Crippen LogP contribution in [0.2, 0.25) is 0 Å². The molecule has 2 amide bonds. The Kier molecular flexibility index (Phi) is 7.20. The summed E-state index contributed by atoms with van der Waals surface area (Å²) in [5.74, 6) is -0.836. The molecule has 0 aliphatic carbocycles. The number of amides is 2. The maximum atomic E-state index is 13.9. The first-order chi connectivity index (χ1) is 16.9. The van der Waals surface area contributed by atoms with Crippen molar-refractivity contribution in [1.29, 1.82) is 0 Å². The Balaban J connectivity index is 1.25. The zero-order chi connectivity index (χ0) is 24.8. The van der Waals surface area contributed by atoms with E-state index >= 15 is 0 Å². The topological polar surface area (TPSA) is 105 Å². The van der Waals surface area contributed by atoms with E-state index in [4.69, 9.17) is 4.74 Å². The van der Waals surface area contributed by atoms with Gasteiger partial charge in [-0.15, -0.1) is 0 Å². The molecule has 0 saturated carbocycles. The number of ether oxygens (including phenoxy) is 1. The normalized spacial score (nSPS) is 13.3. The van der Waals surface area contributed by atoms with E-state index in [2.05, 4.69) is 10.2 Å². The van der Waals surface area contributed by atoms with Crippen molar-refractivity contribution >= 4 is 28.9 Å². The number of carbonyl (C=O) groups is 2. The summed E-state index contributed by atoms with van der Waals surface area (Å²) in [6.07, 6.45) is 0. The minimum Gasteiger partial charge on any atom is -0.484 e. The van der Waals surface area contributed by atoms with Crippen molar-refractivity contribution in [3.8, 4) is 5.75 Å². The maximum Gasteiger partial charge on any atom is 0.269 e. The number of halogens is 1. The van der Waals surface area contributed by atoms with E-state index < -0.39 is 10.7 Å². The average Bonchev–Trinajstić information content (AvgIpc) is 2.88. The molecule has 9 nitrogen and oxygen atoms in total. The number of non-ortho nitro benzene ring substituents is 1. The van der Waals surface area contributed by atoms with Crippen molar-refractivity contribution in [3.63, 3.8) is 0 Å².